The van der Waals surface area contributed by atoms with Crippen molar-refractivity contribution in [3.8, 4) is 11.5 Å². The molecule has 0 atom stereocenters. The number of sulfonamides is 1. The highest BCUT2D eigenvalue weighted by Crippen LogP contribution is 2.22. The van der Waals surface area contributed by atoms with Gasteiger partial charge in [-0.25, -0.2) is 13.8 Å². The zero-order valence-corrected chi connectivity index (χ0v) is 14.3. The van der Waals surface area contributed by atoms with Crippen LogP contribution >= 0.6 is 0 Å². The maximum atomic E-state index is 12.0. The minimum atomic E-state index is -3.35. The molecule has 0 aliphatic carbocycles. The van der Waals surface area contributed by atoms with Crippen LogP contribution in [-0.2, 0) is 10.0 Å². The van der Waals surface area contributed by atoms with Gasteiger partial charge in [0.15, 0.2) is 0 Å². The van der Waals surface area contributed by atoms with Crippen LogP contribution in [0.15, 0.2) is 47.6 Å². The summed E-state index contributed by atoms with van der Waals surface area (Å²) < 4.78 is 24.7. The van der Waals surface area contributed by atoms with Crippen molar-refractivity contribution in [3.63, 3.8) is 0 Å². The molecule has 1 amide bonds. The Morgan fingerprint density at radius 3 is 2.28 bits per heavy atom. The number of hydrogen-bond donors (Lipinski definition) is 4. The van der Waals surface area contributed by atoms with Crippen LogP contribution in [0.25, 0.3) is 0 Å². The van der Waals surface area contributed by atoms with Crippen LogP contribution in [0.3, 0.4) is 0 Å². The number of phenolic OH excluding ortho intramolecular Hbond substituents is 2. The number of anilines is 1. The van der Waals surface area contributed by atoms with Crippen molar-refractivity contribution in [3.05, 3.63) is 53.6 Å². The van der Waals surface area contributed by atoms with Crippen LogP contribution in [0.4, 0.5) is 5.69 Å². The lowest BCUT2D eigenvalue weighted by atomic mass is 10.1. The normalized spacial score (nSPS) is 11.8. The van der Waals surface area contributed by atoms with Crippen molar-refractivity contribution in [1.82, 2.24) is 5.43 Å². The molecule has 25 heavy (non-hydrogen) atoms. The number of carbonyl (C=O) groups excluding carboxylic acids is 1. The SMILES string of the molecule is C/C(=N\NC(=O)c1ccc(O)cc1O)c1ccc(NS(C)(=O)=O)cc1. The van der Waals surface area contributed by atoms with E-state index < -0.39 is 15.9 Å². The molecule has 0 aromatic heterocycles. The number of rotatable bonds is 5. The van der Waals surface area contributed by atoms with Gasteiger partial charge in [-0.15, -0.1) is 0 Å². The second-order valence-corrected chi connectivity index (χ2v) is 7.04. The summed E-state index contributed by atoms with van der Waals surface area (Å²) in [5.41, 5.74) is 3.85. The number of hydrazone groups is 1. The standard InChI is InChI=1S/C16H17N3O5S/c1-10(11-3-5-12(6-4-11)19-25(2,23)24)17-18-16(22)14-8-7-13(20)9-15(14)21/h3-9,19-21H,1-2H3,(H,18,22)/b17-10+. The van der Waals surface area contributed by atoms with E-state index in [-0.39, 0.29) is 17.1 Å². The highest BCUT2D eigenvalue weighted by atomic mass is 32.2. The van der Waals surface area contributed by atoms with Crippen molar-refractivity contribution in [2.24, 2.45) is 5.10 Å². The first-order valence-electron chi connectivity index (χ1n) is 7.10. The van der Waals surface area contributed by atoms with Gasteiger partial charge < -0.3 is 10.2 Å². The summed E-state index contributed by atoms with van der Waals surface area (Å²) in [5.74, 6) is -1.15. The second-order valence-electron chi connectivity index (χ2n) is 5.29. The lowest BCUT2D eigenvalue weighted by molar-refractivity contribution is 0.0952. The van der Waals surface area contributed by atoms with Crippen LogP contribution in [-0.4, -0.2) is 36.5 Å². The van der Waals surface area contributed by atoms with E-state index in [2.05, 4.69) is 15.2 Å². The Kier molecular flexibility index (Phi) is 5.28. The molecular weight excluding hydrogens is 346 g/mol. The highest BCUT2D eigenvalue weighted by Gasteiger charge is 2.11. The first-order chi connectivity index (χ1) is 11.7. The third kappa shape index (κ3) is 5.21. The fourth-order valence-corrected chi connectivity index (χ4v) is 2.53. The van der Waals surface area contributed by atoms with Gasteiger partial charge in [0, 0.05) is 11.8 Å². The second kappa shape index (κ2) is 7.22. The summed E-state index contributed by atoms with van der Waals surface area (Å²) in [6.07, 6.45) is 1.06. The van der Waals surface area contributed by atoms with Crippen LogP contribution in [0.5, 0.6) is 11.5 Å². The fraction of sp³-hybridized carbons (Fsp3) is 0.125. The summed E-state index contributed by atoms with van der Waals surface area (Å²) in [4.78, 5) is 12.0. The number of carbonyl (C=O) groups is 1. The molecule has 0 radical (unpaired) electrons. The van der Waals surface area contributed by atoms with Crippen molar-refractivity contribution < 1.29 is 23.4 Å². The average Bonchev–Trinajstić information content (AvgIpc) is 2.51. The highest BCUT2D eigenvalue weighted by molar-refractivity contribution is 7.92. The Balaban J connectivity index is 2.09. The molecule has 8 nitrogen and oxygen atoms in total. The van der Waals surface area contributed by atoms with Gasteiger partial charge in [0.1, 0.15) is 11.5 Å². The molecule has 0 fully saturated rings. The molecule has 132 valence electrons. The van der Waals surface area contributed by atoms with Crippen LogP contribution in [0, 0.1) is 0 Å². The summed E-state index contributed by atoms with van der Waals surface area (Å²) in [7, 11) is -3.35. The molecule has 4 N–H and O–H groups in total. The lowest BCUT2D eigenvalue weighted by Gasteiger charge is -2.07. The molecule has 2 rings (SSSR count). The molecule has 0 aliphatic rings. The predicted octanol–water partition coefficient (Wildman–Crippen LogP) is 1.62. The Labute approximate surface area is 144 Å². The Hall–Kier alpha value is -3.07. The Morgan fingerprint density at radius 2 is 1.72 bits per heavy atom. The van der Waals surface area contributed by atoms with E-state index in [9.17, 15) is 23.4 Å². The number of amides is 1. The molecule has 0 unspecified atom stereocenters. The zero-order valence-electron chi connectivity index (χ0n) is 13.5. The monoisotopic (exact) mass is 363 g/mol. The minimum absolute atomic E-state index is 0.0259. The summed E-state index contributed by atoms with van der Waals surface area (Å²) in [6, 6.07) is 10.0. The first-order valence-corrected chi connectivity index (χ1v) is 9.00. The molecule has 0 saturated heterocycles. The van der Waals surface area contributed by atoms with Gasteiger partial charge in [-0.05, 0) is 36.8 Å². The Morgan fingerprint density at radius 1 is 1.08 bits per heavy atom. The van der Waals surface area contributed by atoms with Crippen LogP contribution in [0.2, 0.25) is 0 Å². The molecule has 0 saturated carbocycles. The van der Waals surface area contributed by atoms with E-state index in [4.69, 9.17) is 0 Å². The molecule has 2 aromatic carbocycles. The molecule has 9 heteroatoms. The van der Waals surface area contributed by atoms with E-state index in [0.29, 0.717) is 17.0 Å². The number of aromatic hydroxyl groups is 2. The van der Waals surface area contributed by atoms with Gasteiger partial charge in [0.25, 0.3) is 5.91 Å². The van der Waals surface area contributed by atoms with Gasteiger partial charge in [0.05, 0.1) is 17.5 Å². The first kappa shape index (κ1) is 18.3. The predicted molar refractivity (Wildman–Crippen MR) is 94.4 cm³/mol. The summed E-state index contributed by atoms with van der Waals surface area (Å²) >= 11 is 0. The fourth-order valence-electron chi connectivity index (χ4n) is 1.96. The molecule has 0 heterocycles. The lowest BCUT2D eigenvalue weighted by Crippen LogP contribution is -2.19. The number of nitrogens with one attached hydrogen (secondary N) is 2. The maximum absolute atomic E-state index is 12.0. The van der Waals surface area contributed by atoms with Gasteiger partial charge >= 0.3 is 0 Å². The largest absolute Gasteiger partial charge is 0.508 e. The topological polar surface area (TPSA) is 128 Å². The minimum Gasteiger partial charge on any atom is -0.508 e. The van der Waals surface area contributed by atoms with E-state index in [0.717, 1.165) is 12.3 Å². The average molecular weight is 363 g/mol. The number of nitrogens with zero attached hydrogens (tertiary/aromatic N) is 1. The molecule has 0 spiro atoms. The smallest absolute Gasteiger partial charge is 0.275 e. The van der Waals surface area contributed by atoms with Crippen molar-refractivity contribution in [1.29, 1.82) is 0 Å². The van der Waals surface area contributed by atoms with Gasteiger partial charge in [-0.3, -0.25) is 9.52 Å². The van der Waals surface area contributed by atoms with Gasteiger partial charge in [-0.1, -0.05) is 12.1 Å². The van der Waals surface area contributed by atoms with E-state index >= 15 is 0 Å². The van der Waals surface area contributed by atoms with Gasteiger partial charge in [-0.2, -0.15) is 5.10 Å². The van der Waals surface area contributed by atoms with E-state index in [1.807, 2.05) is 0 Å². The number of phenols is 2. The molecule has 0 aliphatic heterocycles. The van der Waals surface area contributed by atoms with Gasteiger partial charge in [0.2, 0.25) is 10.0 Å². The van der Waals surface area contributed by atoms with Crippen LogP contribution in [0.1, 0.15) is 22.8 Å². The Bertz CT molecular complexity index is 921. The number of hydrogen-bond acceptors (Lipinski definition) is 6. The quantitative estimate of drug-likeness (QED) is 0.474. The van der Waals surface area contributed by atoms with E-state index in [1.165, 1.54) is 12.1 Å². The van der Waals surface area contributed by atoms with Crippen molar-refractivity contribution >= 4 is 27.3 Å². The summed E-state index contributed by atoms with van der Waals surface area (Å²) in [5, 5.41) is 22.8. The van der Waals surface area contributed by atoms with E-state index in [1.54, 1.807) is 31.2 Å². The molecular formula is C16H17N3O5S. The van der Waals surface area contributed by atoms with Crippen molar-refractivity contribution in [2.45, 2.75) is 6.92 Å². The number of benzene rings is 2. The zero-order chi connectivity index (χ0) is 18.6. The summed E-state index contributed by atoms with van der Waals surface area (Å²) in [6.45, 7) is 1.66. The molecule has 0 bridgehead atoms. The van der Waals surface area contributed by atoms with Crippen molar-refractivity contribution in [2.75, 3.05) is 11.0 Å². The third-order valence-electron chi connectivity index (χ3n) is 3.16. The van der Waals surface area contributed by atoms with Crippen LogP contribution < -0.4 is 10.1 Å². The maximum Gasteiger partial charge on any atom is 0.275 e. The molecule has 2 aromatic rings. The third-order valence-corrected chi connectivity index (χ3v) is 3.76.